The van der Waals surface area contributed by atoms with Crippen molar-refractivity contribution in [1.29, 1.82) is 0 Å². The standard InChI is InChI=1S/C29H38N2O4/c1-3-18-16(2)14-22-20(18)10-11-21-19-6-4-8-26(33)30-13-5-7-24-28(34)27(29(35)31-24)25(32)12-9-17(19)15-23(21)22/h4,6,9-12,16-24,32H,3,5,7-8,13-15H2,1-2H3,(H,30,33)(H,31,35). The highest BCUT2D eigenvalue weighted by Crippen LogP contribution is 2.58. The largest absolute Gasteiger partial charge is 0.507 e. The SMILES string of the molecule is CCC1C(C)CC2C1C=CC1C3C=CCC(=O)NCCCC4NC(=O)C(=C(O)C=CC3CC12)C4=O. The minimum atomic E-state index is -0.641. The number of Topliss-reactive ketones (excluding diaryl/α,β-unsaturated/α-hetero) is 1. The summed E-state index contributed by atoms with van der Waals surface area (Å²) >= 11 is 0. The first-order valence-electron chi connectivity index (χ1n) is 13.5. The monoisotopic (exact) mass is 478 g/mol. The smallest absolute Gasteiger partial charge is 0.259 e. The van der Waals surface area contributed by atoms with E-state index in [4.69, 9.17) is 0 Å². The Bertz CT molecular complexity index is 1010. The summed E-state index contributed by atoms with van der Waals surface area (Å²) in [6.07, 6.45) is 17.5. The van der Waals surface area contributed by atoms with Crippen molar-refractivity contribution in [2.45, 2.75) is 58.4 Å². The van der Waals surface area contributed by atoms with Gasteiger partial charge >= 0.3 is 0 Å². The summed E-state index contributed by atoms with van der Waals surface area (Å²) in [6.45, 7) is 5.15. The Morgan fingerprint density at radius 2 is 1.77 bits per heavy atom. The van der Waals surface area contributed by atoms with Crippen LogP contribution in [0, 0.1) is 47.3 Å². The lowest BCUT2D eigenvalue weighted by molar-refractivity contribution is -0.120. The van der Waals surface area contributed by atoms with Crippen LogP contribution in [-0.4, -0.2) is 35.3 Å². The highest BCUT2D eigenvalue weighted by atomic mass is 16.3. The topological polar surface area (TPSA) is 95.5 Å². The normalized spacial score (nSPS) is 41.4. The zero-order valence-electron chi connectivity index (χ0n) is 20.8. The molecule has 2 bridgehead atoms. The lowest BCUT2D eigenvalue weighted by Crippen LogP contribution is -2.31. The van der Waals surface area contributed by atoms with Gasteiger partial charge in [0.2, 0.25) is 5.91 Å². The maximum atomic E-state index is 12.8. The average molecular weight is 479 g/mol. The van der Waals surface area contributed by atoms with Gasteiger partial charge in [0.05, 0.1) is 6.04 Å². The van der Waals surface area contributed by atoms with Gasteiger partial charge in [-0.15, -0.1) is 0 Å². The number of carbonyl (C=O) groups is 3. The summed E-state index contributed by atoms with van der Waals surface area (Å²) in [7, 11) is 0. The molecule has 35 heavy (non-hydrogen) atoms. The van der Waals surface area contributed by atoms with Crippen molar-refractivity contribution < 1.29 is 19.5 Å². The van der Waals surface area contributed by atoms with E-state index in [-0.39, 0.29) is 34.9 Å². The molecule has 6 nitrogen and oxygen atoms in total. The molecule has 3 aliphatic carbocycles. The maximum absolute atomic E-state index is 12.8. The second-order valence-corrected chi connectivity index (χ2v) is 11.3. The molecule has 6 heteroatoms. The van der Waals surface area contributed by atoms with E-state index in [1.165, 1.54) is 12.8 Å². The Morgan fingerprint density at radius 1 is 1.00 bits per heavy atom. The summed E-state index contributed by atoms with van der Waals surface area (Å²) < 4.78 is 0. The number of allylic oxidation sites excluding steroid dienone is 5. The number of nitrogens with one attached hydrogen (secondary N) is 2. The van der Waals surface area contributed by atoms with E-state index >= 15 is 0 Å². The van der Waals surface area contributed by atoms with E-state index in [1.807, 2.05) is 12.2 Å². The van der Waals surface area contributed by atoms with Crippen LogP contribution in [0.15, 0.2) is 47.8 Å². The number of hydrogen-bond acceptors (Lipinski definition) is 4. The van der Waals surface area contributed by atoms with Gasteiger partial charge in [-0.1, -0.05) is 50.6 Å². The van der Waals surface area contributed by atoms with Crippen molar-refractivity contribution in [3.05, 3.63) is 47.8 Å². The number of aliphatic hydroxyl groups is 1. The van der Waals surface area contributed by atoms with Crippen LogP contribution < -0.4 is 10.6 Å². The van der Waals surface area contributed by atoms with E-state index in [0.29, 0.717) is 49.5 Å². The Kier molecular flexibility index (Phi) is 6.73. The van der Waals surface area contributed by atoms with Crippen LogP contribution in [0.1, 0.15) is 52.4 Å². The number of fused-ring (bicyclic) bond motifs is 7. The molecule has 188 valence electrons. The summed E-state index contributed by atoms with van der Waals surface area (Å²) in [5.41, 5.74) is -0.139. The first-order valence-corrected chi connectivity index (χ1v) is 13.5. The third-order valence-electron chi connectivity index (χ3n) is 9.42. The van der Waals surface area contributed by atoms with Crippen molar-refractivity contribution in [2.24, 2.45) is 47.3 Å². The Labute approximate surface area is 208 Å². The highest BCUT2D eigenvalue weighted by molar-refractivity contribution is 6.27. The molecule has 2 aliphatic heterocycles. The molecule has 2 amide bonds. The molecular formula is C29H38N2O4. The molecule has 3 fully saturated rings. The second-order valence-electron chi connectivity index (χ2n) is 11.3. The maximum Gasteiger partial charge on any atom is 0.259 e. The predicted octanol–water partition coefficient (Wildman–Crippen LogP) is 4.02. The number of ketones is 1. The molecule has 0 radical (unpaired) electrons. The van der Waals surface area contributed by atoms with Crippen LogP contribution in [0.4, 0.5) is 0 Å². The summed E-state index contributed by atoms with van der Waals surface area (Å²) in [5, 5.41) is 16.3. The predicted molar refractivity (Wildman–Crippen MR) is 134 cm³/mol. The molecule has 2 saturated carbocycles. The second kappa shape index (κ2) is 9.79. The van der Waals surface area contributed by atoms with Crippen molar-refractivity contribution in [1.82, 2.24) is 10.6 Å². The molecular weight excluding hydrogens is 440 g/mol. The molecule has 3 N–H and O–H groups in total. The molecule has 0 aromatic heterocycles. The van der Waals surface area contributed by atoms with Gasteiger partial charge in [-0.2, -0.15) is 0 Å². The third-order valence-corrected chi connectivity index (χ3v) is 9.42. The van der Waals surface area contributed by atoms with Crippen LogP contribution in [0.2, 0.25) is 0 Å². The van der Waals surface area contributed by atoms with Gasteiger partial charge in [0.1, 0.15) is 11.3 Å². The lowest BCUT2D eigenvalue weighted by atomic mass is 9.70. The summed E-state index contributed by atoms with van der Waals surface area (Å²) in [4.78, 5) is 37.6. The van der Waals surface area contributed by atoms with Gasteiger partial charge < -0.3 is 15.7 Å². The Balaban J connectivity index is 1.46. The van der Waals surface area contributed by atoms with Crippen molar-refractivity contribution in [2.75, 3.05) is 6.54 Å². The lowest BCUT2D eigenvalue weighted by Gasteiger charge is -2.35. The Hall–Kier alpha value is -2.63. The first kappa shape index (κ1) is 24.1. The number of carbonyl (C=O) groups excluding carboxylic acids is 3. The van der Waals surface area contributed by atoms with Gasteiger partial charge in [-0.25, -0.2) is 0 Å². The van der Waals surface area contributed by atoms with E-state index in [0.717, 1.165) is 18.3 Å². The minimum Gasteiger partial charge on any atom is -0.507 e. The first-order chi connectivity index (χ1) is 16.9. The van der Waals surface area contributed by atoms with Gasteiger partial charge in [0.15, 0.2) is 5.78 Å². The molecule has 0 aromatic carbocycles. The van der Waals surface area contributed by atoms with E-state index in [1.54, 1.807) is 6.08 Å². The van der Waals surface area contributed by atoms with Gasteiger partial charge in [0.25, 0.3) is 5.91 Å². The van der Waals surface area contributed by atoms with Gasteiger partial charge in [0, 0.05) is 13.0 Å². The van der Waals surface area contributed by atoms with Crippen LogP contribution in [-0.2, 0) is 14.4 Å². The Morgan fingerprint density at radius 3 is 2.57 bits per heavy atom. The molecule has 5 rings (SSSR count). The van der Waals surface area contributed by atoms with Crippen molar-refractivity contribution in [3.8, 4) is 0 Å². The number of aliphatic hydroxyl groups excluding tert-OH is 1. The summed E-state index contributed by atoms with van der Waals surface area (Å²) in [5.74, 6) is 3.04. The number of amides is 2. The van der Waals surface area contributed by atoms with E-state index in [9.17, 15) is 19.5 Å². The van der Waals surface area contributed by atoms with Crippen LogP contribution in [0.5, 0.6) is 0 Å². The minimum absolute atomic E-state index is 0.0235. The van der Waals surface area contributed by atoms with E-state index < -0.39 is 11.9 Å². The third kappa shape index (κ3) is 4.41. The van der Waals surface area contributed by atoms with Crippen LogP contribution in [0.3, 0.4) is 0 Å². The van der Waals surface area contributed by atoms with Crippen LogP contribution >= 0.6 is 0 Å². The van der Waals surface area contributed by atoms with E-state index in [2.05, 4.69) is 42.7 Å². The number of rotatable bonds is 1. The fourth-order valence-electron chi connectivity index (χ4n) is 7.81. The molecule has 9 unspecified atom stereocenters. The average Bonchev–Trinajstić information content (AvgIpc) is 3.44. The fraction of sp³-hybridized carbons (Fsp3) is 0.621. The zero-order valence-corrected chi connectivity index (χ0v) is 20.8. The van der Waals surface area contributed by atoms with Gasteiger partial charge in [-0.3, -0.25) is 14.4 Å². The number of hydrogen-bond donors (Lipinski definition) is 3. The molecule has 0 aromatic rings. The van der Waals surface area contributed by atoms with Gasteiger partial charge in [-0.05, 0) is 79.1 Å². The quantitative estimate of drug-likeness (QED) is 0.392. The van der Waals surface area contributed by atoms with Crippen LogP contribution in [0.25, 0.3) is 0 Å². The molecule has 9 atom stereocenters. The van der Waals surface area contributed by atoms with Crippen molar-refractivity contribution >= 4 is 17.6 Å². The molecule has 0 spiro atoms. The molecule has 2 heterocycles. The van der Waals surface area contributed by atoms with Crippen molar-refractivity contribution in [3.63, 3.8) is 0 Å². The highest BCUT2D eigenvalue weighted by Gasteiger charge is 2.51. The zero-order chi connectivity index (χ0) is 24.7. The summed E-state index contributed by atoms with van der Waals surface area (Å²) in [6, 6.07) is -0.641. The molecule has 5 aliphatic rings. The molecule has 1 saturated heterocycles. The fourth-order valence-corrected chi connectivity index (χ4v) is 7.81.